The zero-order valence-corrected chi connectivity index (χ0v) is 18.2. The molecule has 0 unspecified atom stereocenters. The third-order valence-corrected chi connectivity index (χ3v) is 5.04. The number of benzene rings is 3. The van der Waals surface area contributed by atoms with E-state index in [1.54, 1.807) is 24.4 Å². The molecule has 0 bridgehead atoms. The van der Waals surface area contributed by atoms with Gasteiger partial charge in [0.1, 0.15) is 18.5 Å². The van der Waals surface area contributed by atoms with Crippen LogP contribution in [-0.2, 0) is 13.0 Å². The van der Waals surface area contributed by atoms with E-state index in [1.807, 2.05) is 62.4 Å². The van der Waals surface area contributed by atoms with Crippen LogP contribution in [0, 0.1) is 0 Å². The first kappa shape index (κ1) is 21.4. The van der Waals surface area contributed by atoms with Crippen molar-refractivity contribution in [2.45, 2.75) is 33.0 Å². The van der Waals surface area contributed by atoms with E-state index >= 15 is 0 Å². The van der Waals surface area contributed by atoms with Crippen molar-refractivity contribution in [2.75, 3.05) is 6.61 Å². The molecule has 0 radical (unpaired) electrons. The number of hydrogen-bond donors (Lipinski definition) is 1. The first-order valence-corrected chi connectivity index (χ1v) is 10.7. The van der Waals surface area contributed by atoms with Gasteiger partial charge in [-0.2, -0.15) is 5.10 Å². The Labute approximate surface area is 187 Å². The Balaban J connectivity index is 1.40. The molecule has 0 saturated carbocycles. The number of nitrogens with one attached hydrogen (secondary N) is 1. The van der Waals surface area contributed by atoms with Gasteiger partial charge < -0.3 is 14.2 Å². The van der Waals surface area contributed by atoms with Crippen LogP contribution in [0.1, 0.15) is 40.9 Å². The molecular formula is C26H26N2O4. The molecule has 1 aliphatic heterocycles. The molecule has 1 amide bonds. The van der Waals surface area contributed by atoms with Gasteiger partial charge >= 0.3 is 0 Å². The fourth-order valence-corrected chi connectivity index (χ4v) is 3.52. The molecule has 1 atom stereocenters. The van der Waals surface area contributed by atoms with Crippen LogP contribution in [0.5, 0.6) is 17.2 Å². The van der Waals surface area contributed by atoms with Crippen LogP contribution in [0.2, 0.25) is 0 Å². The van der Waals surface area contributed by atoms with Crippen molar-refractivity contribution < 1.29 is 19.0 Å². The number of ether oxygens (including phenoxy) is 3. The number of amides is 1. The second kappa shape index (κ2) is 10.0. The number of carbonyl (C=O) groups is 1. The Hall–Kier alpha value is -3.80. The van der Waals surface area contributed by atoms with E-state index in [9.17, 15) is 4.79 Å². The summed E-state index contributed by atoms with van der Waals surface area (Å²) in [6.45, 7) is 4.82. The molecule has 6 nitrogen and oxygen atoms in total. The zero-order valence-electron chi connectivity index (χ0n) is 18.2. The van der Waals surface area contributed by atoms with E-state index in [-0.39, 0.29) is 12.0 Å². The third-order valence-electron chi connectivity index (χ3n) is 5.04. The largest absolute Gasteiger partial charge is 0.490 e. The maximum Gasteiger partial charge on any atom is 0.271 e. The lowest BCUT2D eigenvalue weighted by molar-refractivity contribution is 0.0954. The van der Waals surface area contributed by atoms with Crippen molar-refractivity contribution in [2.24, 2.45) is 5.10 Å². The van der Waals surface area contributed by atoms with Gasteiger partial charge in [0, 0.05) is 12.0 Å². The van der Waals surface area contributed by atoms with E-state index in [2.05, 4.69) is 10.5 Å². The predicted octanol–water partition coefficient (Wildman–Crippen LogP) is 4.75. The van der Waals surface area contributed by atoms with E-state index in [4.69, 9.17) is 14.2 Å². The summed E-state index contributed by atoms with van der Waals surface area (Å²) in [5.41, 5.74) is 6.12. The highest BCUT2D eigenvalue weighted by Crippen LogP contribution is 2.30. The van der Waals surface area contributed by atoms with Gasteiger partial charge in [0.2, 0.25) is 0 Å². The standard InChI is InChI=1S/C26H26N2O4/c1-3-30-25-15-21(10-12-24(25)31-17-19-7-5-4-6-8-19)26(29)28-27-16-20-9-11-23-22(14-20)13-18(2)32-23/h4-12,14-16,18H,3,13,17H2,1-2H3,(H,28,29)/b27-16+/t18-/m0/s1. The van der Waals surface area contributed by atoms with Gasteiger partial charge in [0.05, 0.1) is 12.8 Å². The SMILES string of the molecule is CCOc1cc(C(=O)N/N=C/c2ccc3c(c2)C[C@H](C)O3)ccc1OCc1ccccc1. The molecule has 1 aliphatic rings. The summed E-state index contributed by atoms with van der Waals surface area (Å²) in [5.74, 6) is 1.70. The van der Waals surface area contributed by atoms with Crippen molar-refractivity contribution in [3.05, 3.63) is 89.0 Å². The number of fused-ring (bicyclic) bond motifs is 1. The lowest BCUT2D eigenvalue weighted by Crippen LogP contribution is -2.17. The lowest BCUT2D eigenvalue weighted by atomic mass is 10.1. The molecule has 32 heavy (non-hydrogen) atoms. The van der Waals surface area contributed by atoms with Crippen molar-refractivity contribution in [1.29, 1.82) is 0 Å². The monoisotopic (exact) mass is 430 g/mol. The van der Waals surface area contributed by atoms with Crippen LogP contribution in [0.15, 0.2) is 71.8 Å². The van der Waals surface area contributed by atoms with E-state index < -0.39 is 0 Å². The van der Waals surface area contributed by atoms with Gasteiger partial charge in [0.25, 0.3) is 5.91 Å². The summed E-state index contributed by atoms with van der Waals surface area (Å²) in [6, 6.07) is 20.9. The average Bonchev–Trinajstić information content (AvgIpc) is 3.18. The number of hydrazone groups is 1. The van der Waals surface area contributed by atoms with Crippen molar-refractivity contribution in [3.63, 3.8) is 0 Å². The summed E-state index contributed by atoms with van der Waals surface area (Å²) in [5, 5.41) is 4.10. The molecule has 3 aromatic rings. The Morgan fingerprint density at radius 1 is 1.09 bits per heavy atom. The second-order valence-corrected chi connectivity index (χ2v) is 7.57. The molecule has 1 heterocycles. The molecule has 0 aromatic heterocycles. The molecule has 0 aliphatic carbocycles. The van der Waals surface area contributed by atoms with Gasteiger partial charge in [-0.05, 0) is 66.9 Å². The Kier molecular flexibility index (Phi) is 6.70. The second-order valence-electron chi connectivity index (χ2n) is 7.57. The van der Waals surface area contributed by atoms with Gasteiger partial charge in [0.15, 0.2) is 11.5 Å². The summed E-state index contributed by atoms with van der Waals surface area (Å²) >= 11 is 0. The summed E-state index contributed by atoms with van der Waals surface area (Å²) in [6.07, 6.45) is 2.70. The van der Waals surface area contributed by atoms with Crippen molar-refractivity contribution in [1.82, 2.24) is 5.43 Å². The Bertz CT molecular complexity index is 1110. The predicted molar refractivity (Wildman–Crippen MR) is 124 cm³/mol. The highest BCUT2D eigenvalue weighted by atomic mass is 16.5. The van der Waals surface area contributed by atoms with Crippen molar-refractivity contribution in [3.8, 4) is 17.2 Å². The summed E-state index contributed by atoms with van der Waals surface area (Å²) in [4.78, 5) is 12.6. The number of rotatable bonds is 8. The van der Waals surface area contributed by atoms with Crippen LogP contribution in [0.25, 0.3) is 0 Å². The molecule has 0 saturated heterocycles. The molecule has 3 aromatic carbocycles. The third kappa shape index (κ3) is 5.27. The van der Waals surface area contributed by atoms with Gasteiger partial charge in [-0.25, -0.2) is 5.43 Å². The fraction of sp³-hybridized carbons (Fsp3) is 0.231. The van der Waals surface area contributed by atoms with Gasteiger partial charge in [-0.15, -0.1) is 0 Å². The quantitative estimate of drug-likeness (QED) is 0.414. The molecular weight excluding hydrogens is 404 g/mol. The van der Waals surface area contributed by atoms with Crippen LogP contribution in [0.3, 0.4) is 0 Å². The maximum atomic E-state index is 12.6. The topological polar surface area (TPSA) is 69.2 Å². The van der Waals surface area contributed by atoms with Gasteiger partial charge in [-0.1, -0.05) is 30.3 Å². The minimum absolute atomic E-state index is 0.191. The maximum absolute atomic E-state index is 12.6. The van der Waals surface area contributed by atoms with E-state index in [1.165, 1.54) is 0 Å². The van der Waals surface area contributed by atoms with Crippen LogP contribution < -0.4 is 19.6 Å². The van der Waals surface area contributed by atoms with Gasteiger partial charge in [-0.3, -0.25) is 4.79 Å². The number of nitrogens with zero attached hydrogens (tertiary/aromatic N) is 1. The van der Waals surface area contributed by atoms with E-state index in [0.29, 0.717) is 30.3 Å². The molecule has 1 N–H and O–H groups in total. The smallest absolute Gasteiger partial charge is 0.271 e. The summed E-state index contributed by atoms with van der Waals surface area (Å²) in [7, 11) is 0. The molecule has 164 valence electrons. The number of carbonyl (C=O) groups excluding carboxylic acids is 1. The van der Waals surface area contributed by atoms with E-state index in [0.717, 1.165) is 28.9 Å². The Morgan fingerprint density at radius 2 is 1.94 bits per heavy atom. The van der Waals surface area contributed by atoms with Crippen LogP contribution in [0.4, 0.5) is 0 Å². The highest BCUT2D eigenvalue weighted by molar-refractivity contribution is 5.95. The summed E-state index contributed by atoms with van der Waals surface area (Å²) < 4.78 is 17.3. The van der Waals surface area contributed by atoms with Crippen molar-refractivity contribution >= 4 is 12.1 Å². The molecule has 6 heteroatoms. The highest BCUT2D eigenvalue weighted by Gasteiger charge is 2.18. The first-order valence-electron chi connectivity index (χ1n) is 10.7. The molecule has 0 spiro atoms. The average molecular weight is 431 g/mol. The van der Waals surface area contributed by atoms with Crippen LogP contribution in [-0.4, -0.2) is 24.8 Å². The van der Waals surface area contributed by atoms with Crippen LogP contribution >= 0.6 is 0 Å². The first-order chi connectivity index (χ1) is 15.6. The number of hydrogen-bond acceptors (Lipinski definition) is 5. The molecule has 0 fully saturated rings. The fourth-order valence-electron chi connectivity index (χ4n) is 3.52. The normalized spacial score (nSPS) is 14.6. The molecule has 4 rings (SSSR count). The minimum atomic E-state index is -0.324. The lowest BCUT2D eigenvalue weighted by Gasteiger charge is -2.13. The Morgan fingerprint density at radius 3 is 2.75 bits per heavy atom. The minimum Gasteiger partial charge on any atom is -0.490 e. The zero-order chi connectivity index (χ0) is 22.3.